The summed E-state index contributed by atoms with van der Waals surface area (Å²) in [6.45, 7) is 7.25. The number of nitrogens with one attached hydrogen (secondary N) is 1. The molecule has 212 valence electrons. The number of halogens is 2. The summed E-state index contributed by atoms with van der Waals surface area (Å²) >= 11 is 13.6. The van der Waals surface area contributed by atoms with E-state index >= 15 is 0 Å². The number of hydrogen-bond acceptors (Lipinski definition) is 7. The minimum absolute atomic E-state index is 0.0280. The number of pyridine rings is 1. The molecule has 4 heterocycles. The Morgan fingerprint density at radius 2 is 2.05 bits per heavy atom. The molecule has 39 heavy (non-hydrogen) atoms. The third kappa shape index (κ3) is 7.13. The van der Waals surface area contributed by atoms with Crippen LogP contribution >= 0.6 is 34.5 Å². The molecule has 2 fully saturated rings. The van der Waals surface area contributed by atoms with E-state index in [9.17, 15) is 19.6 Å². The van der Waals surface area contributed by atoms with Crippen LogP contribution in [0.5, 0.6) is 0 Å². The molecule has 2 aromatic rings. The number of hydrogen-bond donors (Lipinski definition) is 2. The first-order valence-corrected chi connectivity index (χ1v) is 14.7. The van der Waals surface area contributed by atoms with Crippen molar-refractivity contribution >= 4 is 52.4 Å². The molecule has 0 aromatic carbocycles. The van der Waals surface area contributed by atoms with Gasteiger partial charge in [-0.1, -0.05) is 0 Å². The molecule has 2 aromatic heterocycles. The normalized spacial score (nSPS) is 17.2. The van der Waals surface area contributed by atoms with Gasteiger partial charge >= 0.3 is 16.4 Å². The SMILES string of the molecule is Cc1cc(Cl)[n+](O)c(Cl)c1C(=O)NCC[C@@H](C)N1CCC(N(Cc2ccsc2)C(=O)CN2CCOC2=O)CC1. The Labute approximate surface area is 242 Å². The lowest BCUT2D eigenvalue weighted by Gasteiger charge is -2.41. The van der Waals surface area contributed by atoms with Crippen LogP contribution in [0.15, 0.2) is 22.9 Å². The van der Waals surface area contributed by atoms with Crippen molar-refractivity contribution in [3.8, 4) is 0 Å². The smallest absolute Gasteiger partial charge is 0.410 e. The van der Waals surface area contributed by atoms with Crippen molar-refractivity contribution in [2.45, 2.75) is 51.7 Å². The summed E-state index contributed by atoms with van der Waals surface area (Å²) in [5.74, 6) is -0.429. The van der Waals surface area contributed by atoms with Crippen LogP contribution in [0.3, 0.4) is 0 Å². The molecular formula is C26H34Cl2N5O5S+. The lowest BCUT2D eigenvalue weighted by Crippen LogP contribution is -2.51. The molecule has 2 saturated heterocycles. The van der Waals surface area contributed by atoms with Crippen LogP contribution in [0.2, 0.25) is 10.3 Å². The molecule has 0 radical (unpaired) electrons. The monoisotopic (exact) mass is 598 g/mol. The molecule has 1 atom stereocenters. The van der Waals surface area contributed by atoms with Crippen molar-refractivity contribution in [3.63, 3.8) is 0 Å². The zero-order valence-electron chi connectivity index (χ0n) is 22.1. The molecule has 3 amide bonds. The number of piperidine rings is 1. The summed E-state index contributed by atoms with van der Waals surface area (Å²) in [5.41, 5.74) is 1.85. The van der Waals surface area contributed by atoms with Crippen LogP contribution in [0, 0.1) is 6.92 Å². The van der Waals surface area contributed by atoms with Crippen LogP contribution in [-0.2, 0) is 16.1 Å². The van der Waals surface area contributed by atoms with Crippen LogP contribution in [-0.4, -0.2) is 89.2 Å². The summed E-state index contributed by atoms with van der Waals surface area (Å²) in [7, 11) is 0. The van der Waals surface area contributed by atoms with Crippen molar-refractivity contribution in [3.05, 3.63) is 49.9 Å². The lowest BCUT2D eigenvalue weighted by molar-refractivity contribution is -0.901. The number of thiophene rings is 1. The largest absolute Gasteiger partial charge is 0.448 e. The van der Waals surface area contributed by atoms with Gasteiger partial charge in [0, 0.05) is 49.1 Å². The van der Waals surface area contributed by atoms with E-state index in [-0.39, 0.29) is 46.3 Å². The van der Waals surface area contributed by atoms with Crippen LogP contribution in [0.4, 0.5) is 4.79 Å². The van der Waals surface area contributed by atoms with Crippen LogP contribution in [0.25, 0.3) is 0 Å². The maximum atomic E-state index is 13.3. The van der Waals surface area contributed by atoms with Gasteiger partial charge in [0.25, 0.3) is 5.91 Å². The van der Waals surface area contributed by atoms with Gasteiger partial charge in [0.1, 0.15) is 18.7 Å². The van der Waals surface area contributed by atoms with Gasteiger partial charge in [-0.25, -0.2) is 4.79 Å². The molecule has 0 spiro atoms. The first-order valence-electron chi connectivity index (χ1n) is 13.0. The van der Waals surface area contributed by atoms with Gasteiger partial charge in [0.15, 0.2) is 0 Å². The Morgan fingerprint density at radius 3 is 2.69 bits per heavy atom. The van der Waals surface area contributed by atoms with E-state index in [0.717, 1.165) is 37.9 Å². The van der Waals surface area contributed by atoms with Crippen molar-refractivity contribution < 1.29 is 29.1 Å². The minimum atomic E-state index is -0.432. The molecule has 2 N–H and O–H groups in total. The zero-order chi connectivity index (χ0) is 28.1. The minimum Gasteiger partial charge on any atom is -0.448 e. The summed E-state index contributed by atoms with van der Waals surface area (Å²) in [6, 6.07) is 3.81. The number of amides is 3. The number of carbonyl (C=O) groups is 3. The molecule has 0 aliphatic carbocycles. The average molecular weight is 600 g/mol. The second kappa shape index (κ2) is 13.2. The highest BCUT2D eigenvalue weighted by molar-refractivity contribution is 7.07. The molecule has 13 heteroatoms. The number of cyclic esters (lactones) is 1. The number of rotatable bonds is 10. The summed E-state index contributed by atoms with van der Waals surface area (Å²) in [4.78, 5) is 43.7. The molecule has 0 saturated carbocycles. The first-order chi connectivity index (χ1) is 18.7. The second-order valence-electron chi connectivity index (χ2n) is 9.98. The highest BCUT2D eigenvalue weighted by atomic mass is 35.5. The third-order valence-electron chi connectivity index (χ3n) is 7.39. The predicted molar refractivity (Wildman–Crippen MR) is 147 cm³/mol. The average Bonchev–Trinajstić information content (AvgIpc) is 3.57. The van der Waals surface area contributed by atoms with E-state index in [1.54, 1.807) is 18.3 Å². The molecule has 0 bridgehead atoms. The fourth-order valence-corrected chi connectivity index (χ4v) is 6.35. The molecule has 2 aliphatic rings. The lowest BCUT2D eigenvalue weighted by atomic mass is 10.00. The van der Waals surface area contributed by atoms with Gasteiger partial charge in [0.05, 0.1) is 6.54 Å². The molecule has 2 aliphatic heterocycles. The number of nitrogens with zero attached hydrogens (tertiary/aromatic N) is 4. The Bertz CT molecular complexity index is 1190. The van der Waals surface area contributed by atoms with Crippen molar-refractivity contribution in [2.24, 2.45) is 0 Å². The van der Waals surface area contributed by atoms with Crippen LogP contribution < -0.4 is 10.0 Å². The topological polar surface area (TPSA) is 106 Å². The fraction of sp³-hybridized carbons (Fsp3) is 0.538. The third-order valence-corrected chi connectivity index (χ3v) is 8.74. The van der Waals surface area contributed by atoms with Crippen molar-refractivity contribution in [1.29, 1.82) is 0 Å². The first kappa shape index (κ1) is 29.4. The highest BCUT2D eigenvalue weighted by Gasteiger charge is 2.33. The number of aromatic nitrogens is 1. The van der Waals surface area contributed by atoms with Crippen LogP contribution in [0.1, 0.15) is 47.7 Å². The van der Waals surface area contributed by atoms with Gasteiger partial charge in [-0.05, 0) is 84.3 Å². The summed E-state index contributed by atoms with van der Waals surface area (Å²) in [6.07, 6.45) is 1.95. The number of likely N-dealkylation sites (tertiary alicyclic amines) is 1. The molecule has 0 unspecified atom stereocenters. The van der Waals surface area contributed by atoms with E-state index in [1.807, 2.05) is 16.3 Å². The maximum absolute atomic E-state index is 13.3. The maximum Gasteiger partial charge on any atom is 0.410 e. The van der Waals surface area contributed by atoms with Crippen molar-refractivity contribution in [2.75, 3.05) is 39.3 Å². The molecular weight excluding hydrogens is 565 g/mol. The van der Waals surface area contributed by atoms with Crippen molar-refractivity contribution in [1.82, 2.24) is 20.0 Å². The Kier molecular flexibility index (Phi) is 9.92. The summed E-state index contributed by atoms with van der Waals surface area (Å²) in [5, 5.41) is 16.8. The number of carbonyl (C=O) groups excluding carboxylic acids is 3. The van der Waals surface area contributed by atoms with E-state index in [1.165, 1.54) is 11.0 Å². The second-order valence-corrected chi connectivity index (χ2v) is 11.5. The zero-order valence-corrected chi connectivity index (χ0v) is 24.4. The Balaban J connectivity index is 1.29. The van der Waals surface area contributed by atoms with Gasteiger partial charge in [-0.2, -0.15) is 11.3 Å². The molecule has 4 rings (SSSR count). The summed E-state index contributed by atoms with van der Waals surface area (Å²) < 4.78 is 5.58. The molecule has 10 nitrogen and oxygen atoms in total. The quantitative estimate of drug-likeness (QED) is 0.247. The van der Waals surface area contributed by atoms with Gasteiger partial charge < -0.3 is 19.9 Å². The number of ether oxygens (including phenoxy) is 1. The predicted octanol–water partition coefficient (Wildman–Crippen LogP) is 3.34. The van der Waals surface area contributed by atoms with E-state index in [0.29, 0.717) is 36.5 Å². The Hall–Kier alpha value is -2.60. The number of aryl methyl sites for hydroxylation is 1. The van der Waals surface area contributed by atoms with E-state index in [2.05, 4.69) is 22.5 Å². The van der Waals surface area contributed by atoms with Gasteiger partial charge in [-0.3, -0.25) is 19.7 Å². The Morgan fingerprint density at radius 1 is 1.31 bits per heavy atom. The van der Waals surface area contributed by atoms with E-state index in [4.69, 9.17) is 27.9 Å². The standard InChI is InChI=1S/C26H33Cl2N5O5S/c1-17-13-21(27)33(37)24(28)23(17)25(35)29-7-3-18(2)30-8-4-20(5-9-30)32(14-19-6-12-39-16-19)22(34)15-31-10-11-38-26(31)36/h6,12-13,16,18,20H,3-5,7-11,14-15H2,1-2H3,(H-,29,35,37)/p+1/t18-/m1/s1. The van der Waals surface area contributed by atoms with E-state index < -0.39 is 6.09 Å². The fourth-order valence-electron chi connectivity index (χ4n) is 5.07. The van der Waals surface area contributed by atoms with Gasteiger partial charge in [-0.15, -0.1) is 0 Å². The highest BCUT2D eigenvalue weighted by Crippen LogP contribution is 2.23. The van der Waals surface area contributed by atoms with Gasteiger partial charge in [0.2, 0.25) is 5.91 Å².